The van der Waals surface area contributed by atoms with Gasteiger partial charge in [0.05, 0.1) is 0 Å². The molecule has 8 heterocycles. The summed E-state index contributed by atoms with van der Waals surface area (Å²) in [6.07, 6.45) is 18.0. The highest BCUT2D eigenvalue weighted by molar-refractivity contribution is 6.09. The van der Waals surface area contributed by atoms with Gasteiger partial charge in [-0.05, 0) is 302 Å². The molecule has 3 aliphatic rings. The van der Waals surface area contributed by atoms with Crippen molar-refractivity contribution in [3.63, 3.8) is 0 Å². The van der Waals surface area contributed by atoms with Crippen LogP contribution in [0.1, 0.15) is 204 Å². The van der Waals surface area contributed by atoms with Crippen LogP contribution in [0.5, 0.6) is 0 Å². The van der Waals surface area contributed by atoms with Crippen molar-refractivity contribution in [1.29, 1.82) is 0 Å². The topological polar surface area (TPSA) is 105 Å². The van der Waals surface area contributed by atoms with Crippen LogP contribution in [0.15, 0.2) is 415 Å². The maximum Gasteiger partial charge on any atom is 0.227 e. The molecule has 16 aromatic carbocycles. The van der Waals surface area contributed by atoms with Crippen molar-refractivity contribution in [1.82, 2.24) is 9.97 Å². The van der Waals surface area contributed by atoms with Crippen LogP contribution < -0.4 is 0 Å². The van der Waals surface area contributed by atoms with Gasteiger partial charge in [0.25, 0.3) is 0 Å². The fourth-order valence-electron chi connectivity index (χ4n) is 19.9. The lowest BCUT2D eigenvalue weighted by molar-refractivity contribution is 0.224. The molecule has 734 valence electrons. The van der Waals surface area contributed by atoms with Gasteiger partial charge >= 0.3 is 0 Å². The summed E-state index contributed by atoms with van der Waals surface area (Å²) >= 11 is 0. The molecule has 0 radical (unpaired) electrons. The first-order valence-electron chi connectivity index (χ1n) is 53.5. The Balaban J connectivity index is 0.000000108. The Morgan fingerprint density at radius 2 is 0.548 bits per heavy atom. The summed E-state index contributed by atoms with van der Waals surface area (Å²) in [7, 11) is 0. The van der Waals surface area contributed by atoms with E-state index in [4.69, 9.17) is 30.6 Å². The molecule has 0 spiro atoms. The summed E-state index contributed by atoms with van der Waals surface area (Å²) in [6.45, 7) is 29.9. The van der Waals surface area contributed by atoms with Crippen LogP contribution in [0.4, 0.5) is 0 Å². The monoisotopic (exact) mass is 1920 g/mol. The number of fused-ring (bicyclic) bond motifs is 18. The molecule has 3 fully saturated rings. The van der Waals surface area contributed by atoms with Crippen molar-refractivity contribution in [2.24, 2.45) is 11.3 Å². The summed E-state index contributed by atoms with van der Waals surface area (Å²) in [5, 5.41) is 14.1. The third kappa shape index (κ3) is 25.0. The van der Waals surface area contributed by atoms with E-state index in [0.717, 1.165) is 133 Å². The molecule has 0 bridgehead atoms. The number of para-hydroxylation sites is 6. The second-order valence-corrected chi connectivity index (χ2v) is 40.8. The quantitative estimate of drug-likeness (QED) is 0.168. The van der Waals surface area contributed by atoms with Crippen molar-refractivity contribution in [2.45, 2.75) is 198 Å². The lowest BCUT2D eigenvalue weighted by Gasteiger charge is -2.34. The van der Waals surface area contributed by atoms with Crippen LogP contribution in [-0.4, -0.2) is 9.97 Å². The Bertz CT molecular complexity index is 8330. The number of rotatable bonds is 5. The molecule has 0 aliphatic heterocycles. The van der Waals surface area contributed by atoms with Crippen LogP contribution in [0, 0.1) is 87.5 Å². The molecule has 0 atom stereocenters. The van der Waals surface area contributed by atoms with E-state index in [-0.39, 0.29) is 17.7 Å². The zero-order valence-electron chi connectivity index (χ0n) is 90.1. The molecule has 0 saturated heterocycles. The third-order valence-corrected chi connectivity index (χ3v) is 28.7. The molecular weight excluding hydrogens is 1780 g/mol. The Hall–Kier alpha value is -15.4. The smallest absolute Gasteiger partial charge is 0.227 e. The molecular formula is C138H136N2O6. The van der Waals surface area contributed by atoms with Crippen LogP contribution in [0.25, 0.3) is 154 Å². The summed E-state index contributed by atoms with van der Waals surface area (Å²) < 4.78 is 60.0. The van der Waals surface area contributed by atoms with Gasteiger partial charge in [-0.1, -0.05) is 384 Å². The highest BCUT2D eigenvalue weighted by atomic mass is 16.4. The highest BCUT2D eigenvalue weighted by Crippen LogP contribution is 2.44. The molecule has 146 heavy (non-hydrogen) atoms. The molecule has 8 aromatic heterocycles. The third-order valence-electron chi connectivity index (χ3n) is 28.7. The molecule has 0 amide bonds. The number of hydrogen-bond acceptors (Lipinski definition) is 8. The van der Waals surface area contributed by atoms with E-state index in [9.17, 15) is 0 Å². The van der Waals surface area contributed by atoms with Crippen molar-refractivity contribution in [3.05, 3.63) is 466 Å². The first kappa shape index (κ1) is 96.7. The van der Waals surface area contributed by atoms with Gasteiger partial charge in [0.15, 0.2) is 0 Å². The number of hydrogen-bond donors (Lipinski definition) is 0. The van der Waals surface area contributed by atoms with E-state index in [2.05, 4.69) is 343 Å². The minimum atomic E-state index is -0.343. The van der Waals surface area contributed by atoms with Crippen LogP contribution in [0.3, 0.4) is 0 Å². The normalized spacial score (nSPS) is 15.7. The van der Waals surface area contributed by atoms with Gasteiger partial charge in [-0.25, -0.2) is 9.97 Å². The number of aromatic nitrogens is 2. The van der Waals surface area contributed by atoms with Gasteiger partial charge in [-0.2, -0.15) is 0 Å². The van der Waals surface area contributed by atoms with Crippen LogP contribution in [0.2, 0.25) is 0 Å². The maximum absolute atomic E-state index is 8.66. The second-order valence-electron chi connectivity index (χ2n) is 40.8. The predicted molar refractivity (Wildman–Crippen MR) is 618 cm³/mol. The molecule has 0 unspecified atom stereocenters. The fourth-order valence-corrected chi connectivity index (χ4v) is 19.9. The number of aryl methyl sites for hydroxylation is 11. The maximum atomic E-state index is 8.66. The average Bonchev–Trinajstić information content (AvgIpc) is 1.60. The molecule has 3 saturated carbocycles. The van der Waals surface area contributed by atoms with E-state index in [0.29, 0.717) is 11.1 Å². The average molecular weight is 1920 g/mol. The molecule has 0 N–H and O–H groups in total. The van der Waals surface area contributed by atoms with Gasteiger partial charge in [-0.3, -0.25) is 0 Å². The summed E-state index contributed by atoms with van der Waals surface area (Å²) in [5.41, 5.74) is 34.0. The van der Waals surface area contributed by atoms with E-state index in [1.54, 1.807) is 12.4 Å². The van der Waals surface area contributed by atoms with E-state index >= 15 is 0 Å². The highest BCUT2D eigenvalue weighted by Gasteiger charge is 2.28. The van der Waals surface area contributed by atoms with E-state index < -0.39 is 0 Å². The molecule has 8 nitrogen and oxygen atoms in total. The van der Waals surface area contributed by atoms with Crippen LogP contribution >= 0.6 is 0 Å². The summed E-state index contributed by atoms with van der Waals surface area (Å²) in [5.74, 6) is -0.165. The summed E-state index contributed by atoms with van der Waals surface area (Å²) in [6, 6.07) is 129. The number of furan rings is 6. The van der Waals surface area contributed by atoms with Gasteiger partial charge in [-0.15, -0.1) is 0 Å². The Kier molecular flexibility index (Phi) is 31.1. The summed E-state index contributed by atoms with van der Waals surface area (Å²) in [4.78, 5) is 8.37. The van der Waals surface area contributed by atoms with Crippen molar-refractivity contribution in [2.75, 3.05) is 0 Å². The predicted octanol–water partition coefficient (Wildman–Crippen LogP) is 40.8. The van der Waals surface area contributed by atoms with Gasteiger partial charge in [0, 0.05) is 81.1 Å². The molecule has 27 rings (SSSR count). The van der Waals surface area contributed by atoms with Crippen molar-refractivity contribution in [3.8, 4) is 22.3 Å². The van der Waals surface area contributed by atoms with Crippen LogP contribution in [-0.2, 0) is 0 Å². The first-order valence-corrected chi connectivity index (χ1v) is 52.0. The number of benzene rings is 16. The lowest BCUT2D eigenvalue weighted by atomic mass is 9.71. The van der Waals surface area contributed by atoms with Crippen molar-refractivity contribution < 1.29 is 30.6 Å². The van der Waals surface area contributed by atoms with Gasteiger partial charge < -0.3 is 26.5 Å². The molecule has 24 aromatic rings. The zero-order chi connectivity index (χ0) is 104. The van der Waals surface area contributed by atoms with E-state index in [1.165, 1.54) is 183 Å². The van der Waals surface area contributed by atoms with Gasteiger partial charge in [0.1, 0.15) is 55.8 Å². The SMILES string of the molecule is Cc1ccc(-c2ccc(C)cc2)cc1.Cc1ccc2c(c1)oc1ccccc12.Cc1ccc2c(c1)oc1ncccc12.Cc1ccc2oc3ccccc3c2c1.Cc1cccc2c1oc1ccccc12.Cc1cccc2c1oc1ncccc12.Cc1cccc2oc3ccccc3c12.[2H]C1(c2ccc(-c3ccc(C)cc3)cc2)CCCCC1.[2H]C1(c2ccc(C)cc2)CCC(C)(C)CC1.[2H]C1(c2ccc(C)cc2)CCC(C)CC1. The minimum absolute atomic E-state index is 0.305. The van der Waals surface area contributed by atoms with Crippen molar-refractivity contribution >= 4 is 132 Å². The second kappa shape index (κ2) is 47.0. The lowest BCUT2D eigenvalue weighted by Crippen LogP contribution is -2.20. The zero-order valence-corrected chi connectivity index (χ0v) is 87.1. The number of pyridine rings is 2. The largest absolute Gasteiger partial charge is 0.456 e. The van der Waals surface area contributed by atoms with E-state index in [1.807, 2.05) is 140 Å². The standard InChI is InChI=1S/C19H22.C15H22.C14H20.C14H14.4C13H10O.2C12H9NO/c1-15-7-9-17(10-8-15)19-13-11-18(12-14-19)16-5-3-2-4-6-16;1-12-4-6-13(7-5-12)14-8-10-15(2,3)11-9-14;2*1-11-3-7-13(8-4-11)14-9-5-12(2)6-10-14;1-9-5-4-7-11-10-6-2-3-8-12(10)14-13(9)11;1-9-5-4-8-12-13(9)10-6-2-3-7-11(10)14-12;1-9-6-7-13-11(8-9)10-4-2-3-5-12(10)14-13;1-9-6-7-11-10-4-2-3-5-12(10)14-13(11)8-9;1-8-4-2-5-9-10-6-3-7-13-12(10)14-11(8)9;1-8-4-5-9-10-3-2-6-13-12(10)14-11(9)7-8/h7-14,16H,2-6H2,1H3;4-7,14H,8-11H2,1-3H3;3-4,7-8,12,14H,5-6,9-10H2,1-2H3;3-10H,1-2H3;4*2-8H,1H3;2*2-7H,1H3/i16D;2*14D;;;;;;;. The Morgan fingerprint density at radius 3 is 1.06 bits per heavy atom. The Morgan fingerprint density at radius 1 is 0.233 bits per heavy atom. The molecule has 3 aliphatic carbocycles. The Labute approximate surface area is 864 Å². The molecule has 8 heteroatoms. The number of nitrogens with zero attached hydrogens (tertiary/aromatic N) is 2. The van der Waals surface area contributed by atoms with Gasteiger partial charge in [0.2, 0.25) is 11.4 Å². The first-order chi connectivity index (χ1) is 72.1. The minimum Gasteiger partial charge on any atom is -0.456 e. The fraction of sp³-hybridized carbons (Fsp3) is 0.232.